The molecule has 86 valence electrons. The fraction of sp³-hybridized carbons (Fsp3) is 0.800. The Morgan fingerprint density at radius 1 is 1.20 bits per heavy atom. The molecule has 1 heterocycles. The van der Waals surface area contributed by atoms with Gasteiger partial charge in [-0.2, -0.15) is 0 Å². The van der Waals surface area contributed by atoms with Gasteiger partial charge in [-0.1, -0.05) is 6.92 Å². The molecule has 0 aliphatic carbocycles. The first kappa shape index (κ1) is 12.1. The second-order valence-electron chi connectivity index (χ2n) is 3.31. The summed E-state index contributed by atoms with van der Waals surface area (Å²) in [5, 5.41) is 10.9. The highest BCUT2D eigenvalue weighted by Crippen LogP contribution is 2.01. The van der Waals surface area contributed by atoms with Gasteiger partial charge in [-0.15, -0.1) is 10.2 Å². The molecule has 0 radical (unpaired) electrons. The Labute approximate surface area is 90.2 Å². The van der Waals surface area contributed by atoms with Crippen LogP contribution in [0.4, 0.5) is 0 Å². The van der Waals surface area contributed by atoms with Crippen molar-refractivity contribution >= 4 is 0 Å². The Balaban J connectivity index is 2.20. The first-order valence-electron chi connectivity index (χ1n) is 5.40. The minimum atomic E-state index is 0.654. The van der Waals surface area contributed by atoms with Crippen molar-refractivity contribution in [1.82, 2.24) is 15.5 Å². The second-order valence-corrected chi connectivity index (χ2v) is 3.31. The predicted molar refractivity (Wildman–Crippen MR) is 56.7 cm³/mol. The summed E-state index contributed by atoms with van der Waals surface area (Å²) in [7, 11) is 1.90. The predicted octanol–water partition coefficient (Wildman–Crippen LogP) is 0.801. The molecule has 0 saturated heterocycles. The molecular weight excluding hydrogens is 194 g/mol. The number of nitrogens with zero attached hydrogens (tertiary/aromatic N) is 2. The van der Waals surface area contributed by atoms with E-state index in [1.807, 2.05) is 7.05 Å². The van der Waals surface area contributed by atoms with Crippen LogP contribution in [0.2, 0.25) is 0 Å². The summed E-state index contributed by atoms with van der Waals surface area (Å²) >= 11 is 0. The van der Waals surface area contributed by atoms with Crippen molar-refractivity contribution in [3.05, 3.63) is 11.8 Å². The minimum Gasteiger partial charge on any atom is -0.425 e. The molecule has 0 fully saturated rings. The smallest absolute Gasteiger partial charge is 0.218 e. The standard InChI is InChI=1S/C10H19N3O2/c1-3-7-14-8-5-10-13-12-9(15-10)4-6-11-2/h11H,3-8H2,1-2H3. The Bertz CT molecular complexity index is 263. The summed E-state index contributed by atoms with van der Waals surface area (Å²) in [5.41, 5.74) is 0. The van der Waals surface area contributed by atoms with Crippen LogP contribution >= 0.6 is 0 Å². The third-order valence-electron chi connectivity index (χ3n) is 1.91. The summed E-state index contributed by atoms with van der Waals surface area (Å²) in [4.78, 5) is 0. The van der Waals surface area contributed by atoms with Crippen molar-refractivity contribution in [2.75, 3.05) is 26.8 Å². The molecule has 15 heavy (non-hydrogen) atoms. The van der Waals surface area contributed by atoms with Gasteiger partial charge >= 0.3 is 0 Å². The summed E-state index contributed by atoms with van der Waals surface area (Å²) in [5.74, 6) is 1.35. The van der Waals surface area contributed by atoms with E-state index in [-0.39, 0.29) is 0 Å². The maximum Gasteiger partial charge on any atom is 0.218 e. The topological polar surface area (TPSA) is 60.2 Å². The van der Waals surface area contributed by atoms with Crippen LogP contribution in [-0.2, 0) is 17.6 Å². The van der Waals surface area contributed by atoms with Gasteiger partial charge in [-0.05, 0) is 13.5 Å². The van der Waals surface area contributed by atoms with Crippen LogP contribution in [0.15, 0.2) is 4.42 Å². The van der Waals surface area contributed by atoms with E-state index in [1.54, 1.807) is 0 Å². The molecule has 0 aromatic carbocycles. The average molecular weight is 213 g/mol. The summed E-state index contributed by atoms with van der Waals surface area (Å²) in [6.45, 7) is 4.39. The number of rotatable bonds is 8. The minimum absolute atomic E-state index is 0.654. The van der Waals surface area contributed by atoms with Gasteiger partial charge in [0.25, 0.3) is 0 Å². The van der Waals surface area contributed by atoms with Crippen LogP contribution in [0, 0.1) is 0 Å². The van der Waals surface area contributed by atoms with E-state index in [0.717, 1.165) is 26.0 Å². The molecule has 1 aromatic rings. The molecule has 0 atom stereocenters. The zero-order chi connectivity index (χ0) is 10.9. The fourth-order valence-electron chi connectivity index (χ4n) is 1.13. The van der Waals surface area contributed by atoms with Gasteiger partial charge in [-0.25, -0.2) is 0 Å². The van der Waals surface area contributed by atoms with Crippen LogP contribution < -0.4 is 5.32 Å². The van der Waals surface area contributed by atoms with Gasteiger partial charge in [0, 0.05) is 26.0 Å². The summed E-state index contributed by atoms with van der Waals surface area (Å²) < 4.78 is 10.8. The Kier molecular flexibility index (Phi) is 5.96. The van der Waals surface area contributed by atoms with Crippen molar-refractivity contribution in [2.45, 2.75) is 26.2 Å². The highest BCUT2D eigenvalue weighted by Gasteiger charge is 2.04. The maximum absolute atomic E-state index is 5.42. The lowest BCUT2D eigenvalue weighted by Gasteiger charge is -1.98. The van der Waals surface area contributed by atoms with Gasteiger partial charge in [0.15, 0.2) is 0 Å². The lowest BCUT2D eigenvalue weighted by atomic mass is 10.4. The summed E-state index contributed by atoms with van der Waals surface area (Å²) in [6.07, 6.45) is 2.52. The van der Waals surface area contributed by atoms with Crippen molar-refractivity contribution < 1.29 is 9.15 Å². The second kappa shape index (κ2) is 7.36. The molecule has 0 bridgehead atoms. The molecule has 0 saturated carbocycles. The van der Waals surface area contributed by atoms with E-state index >= 15 is 0 Å². The van der Waals surface area contributed by atoms with Crippen LogP contribution in [0.1, 0.15) is 25.1 Å². The molecule has 5 heteroatoms. The summed E-state index contributed by atoms with van der Waals surface area (Å²) in [6, 6.07) is 0. The number of nitrogens with one attached hydrogen (secondary N) is 1. The number of hydrogen-bond acceptors (Lipinski definition) is 5. The van der Waals surface area contributed by atoms with Crippen molar-refractivity contribution in [2.24, 2.45) is 0 Å². The molecule has 0 spiro atoms. The van der Waals surface area contributed by atoms with E-state index in [1.165, 1.54) is 0 Å². The maximum atomic E-state index is 5.42. The van der Waals surface area contributed by atoms with Crippen LogP contribution in [0.5, 0.6) is 0 Å². The molecule has 0 aliphatic rings. The number of hydrogen-bond donors (Lipinski definition) is 1. The lowest BCUT2D eigenvalue weighted by Crippen LogP contribution is -2.10. The van der Waals surface area contributed by atoms with Gasteiger partial charge in [0.1, 0.15) is 0 Å². The molecule has 5 nitrogen and oxygen atoms in total. The van der Waals surface area contributed by atoms with Crippen LogP contribution in [-0.4, -0.2) is 37.0 Å². The first-order valence-corrected chi connectivity index (χ1v) is 5.40. The van der Waals surface area contributed by atoms with E-state index < -0.39 is 0 Å². The third kappa shape index (κ3) is 4.90. The van der Waals surface area contributed by atoms with Crippen molar-refractivity contribution in [3.8, 4) is 0 Å². The molecule has 1 rings (SSSR count). The van der Waals surface area contributed by atoms with Crippen LogP contribution in [0.3, 0.4) is 0 Å². The molecule has 0 amide bonds. The molecular formula is C10H19N3O2. The van der Waals surface area contributed by atoms with E-state index in [4.69, 9.17) is 9.15 Å². The lowest BCUT2D eigenvalue weighted by molar-refractivity contribution is 0.133. The number of aromatic nitrogens is 2. The van der Waals surface area contributed by atoms with Crippen LogP contribution in [0.25, 0.3) is 0 Å². The normalized spacial score (nSPS) is 10.8. The highest BCUT2D eigenvalue weighted by atomic mass is 16.5. The zero-order valence-electron chi connectivity index (χ0n) is 9.45. The molecule has 1 aromatic heterocycles. The zero-order valence-corrected chi connectivity index (χ0v) is 9.45. The van der Waals surface area contributed by atoms with Gasteiger partial charge in [0.05, 0.1) is 6.61 Å². The molecule has 1 N–H and O–H groups in total. The Morgan fingerprint density at radius 2 is 1.93 bits per heavy atom. The Hall–Kier alpha value is -0.940. The number of likely N-dealkylation sites (N-methyl/N-ethyl adjacent to an activating group) is 1. The van der Waals surface area contributed by atoms with Gasteiger partial charge in [0.2, 0.25) is 11.8 Å². The quantitative estimate of drug-likeness (QED) is 0.647. The first-order chi connectivity index (χ1) is 7.36. The fourth-order valence-corrected chi connectivity index (χ4v) is 1.13. The van der Waals surface area contributed by atoms with Crippen molar-refractivity contribution in [3.63, 3.8) is 0 Å². The van der Waals surface area contributed by atoms with Gasteiger partial charge < -0.3 is 14.5 Å². The van der Waals surface area contributed by atoms with Gasteiger partial charge in [-0.3, -0.25) is 0 Å². The monoisotopic (exact) mass is 213 g/mol. The van der Waals surface area contributed by atoms with E-state index in [2.05, 4.69) is 22.4 Å². The van der Waals surface area contributed by atoms with Crippen molar-refractivity contribution in [1.29, 1.82) is 0 Å². The highest BCUT2D eigenvalue weighted by molar-refractivity contribution is 4.82. The number of ether oxygens (including phenoxy) is 1. The average Bonchev–Trinajstić information content (AvgIpc) is 2.69. The van der Waals surface area contributed by atoms with E-state index in [9.17, 15) is 0 Å². The largest absolute Gasteiger partial charge is 0.425 e. The SMILES string of the molecule is CCCOCCc1nnc(CCNC)o1. The third-order valence-corrected chi connectivity index (χ3v) is 1.91. The Morgan fingerprint density at radius 3 is 2.60 bits per heavy atom. The van der Waals surface area contributed by atoms with E-state index in [0.29, 0.717) is 24.8 Å². The molecule has 0 unspecified atom stereocenters. The molecule has 0 aliphatic heterocycles.